The number of nitrogens with one attached hydrogen (secondary N) is 2. The zero-order valence-electron chi connectivity index (χ0n) is 14.0. The Labute approximate surface area is 158 Å². The van der Waals surface area contributed by atoms with Crippen LogP contribution in [0.25, 0.3) is 0 Å². The first-order valence-corrected chi connectivity index (χ1v) is 8.76. The van der Waals surface area contributed by atoms with Crippen molar-refractivity contribution in [1.82, 2.24) is 0 Å². The molecule has 0 saturated heterocycles. The molecule has 0 aliphatic rings. The van der Waals surface area contributed by atoms with Gasteiger partial charge in [-0.15, -0.1) is 0 Å². The summed E-state index contributed by atoms with van der Waals surface area (Å²) in [6.07, 6.45) is 0. The summed E-state index contributed by atoms with van der Waals surface area (Å²) in [5.74, 6) is 0.162. The van der Waals surface area contributed by atoms with Crippen LogP contribution in [0.15, 0.2) is 42.5 Å². The highest BCUT2D eigenvalue weighted by Crippen LogP contribution is 2.28. The molecule has 0 atom stereocenters. The fourth-order valence-electron chi connectivity index (χ4n) is 1.92. The molecule has 2 aromatic rings. The number of nitrogens with zero attached hydrogens (tertiary/aromatic N) is 2. The Morgan fingerprint density at radius 2 is 1.43 bits per heavy atom. The molecule has 0 aliphatic carbocycles. The van der Waals surface area contributed by atoms with E-state index in [1.54, 1.807) is 12.1 Å². The molecule has 14 heteroatoms. The number of hydrogen-bond acceptors (Lipinski definition) is 9. The van der Waals surface area contributed by atoms with Gasteiger partial charge in [0.1, 0.15) is 11.4 Å². The molecule has 0 radical (unpaired) electrons. The maximum atomic E-state index is 11.0. The van der Waals surface area contributed by atoms with Gasteiger partial charge in [0.25, 0.3) is 11.4 Å². The Bertz CT molecular complexity index is 924. The van der Waals surface area contributed by atoms with Gasteiger partial charge in [0.15, 0.2) is 0 Å². The van der Waals surface area contributed by atoms with Crippen LogP contribution in [0, 0.1) is 20.2 Å². The lowest BCUT2D eigenvalue weighted by atomic mass is 10.2. The minimum absolute atomic E-state index is 0.162. The van der Waals surface area contributed by atoms with Crippen LogP contribution in [0.1, 0.15) is 0 Å². The van der Waals surface area contributed by atoms with Crippen molar-refractivity contribution in [1.29, 1.82) is 0 Å². The lowest BCUT2D eigenvalue weighted by Gasteiger charge is -2.09. The first kappa shape index (κ1) is 22.6. The predicted octanol–water partition coefficient (Wildman–Crippen LogP) is 2.08. The van der Waals surface area contributed by atoms with Crippen molar-refractivity contribution in [3.8, 4) is 5.75 Å². The Morgan fingerprint density at radius 1 is 0.893 bits per heavy atom. The molecule has 2 rings (SSSR count). The molecule has 5 N–H and O–H groups in total. The Kier molecular flexibility index (Phi) is 8.06. The second kappa shape index (κ2) is 10.0. The number of nitro groups is 2. The molecule has 0 spiro atoms. The van der Waals surface area contributed by atoms with Gasteiger partial charge in [0.05, 0.1) is 15.9 Å². The number of anilines is 2. The highest BCUT2D eigenvalue weighted by molar-refractivity contribution is 7.79. The van der Waals surface area contributed by atoms with E-state index in [1.165, 1.54) is 24.3 Å². The summed E-state index contributed by atoms with van der Waals surface area (Å²) in [6.45, 7) is 0.846. The summed E-state index contributed by atoms with van der Waals surface area (Å²) in [5.41, 5.74) is 0.337. The van der Waals surface area contributed by atoms with Crippen LogP contribution in [0.3, 0.4) is 0 Å². The average Bonchev–Trinajstić information content (AvgIpc) is 2.58. The molecule has 0 unspecified atom stereocenters. The number of hydrogen-bond donors (Lipinski definition) is 5. The highest BCUT2D eigenvalue weighted by atomic mass is 32.3. The molecule has 0 saturated carbocycles. The minimum atomic E-state index is -4.67. The molecule has 0 bridgehead atoms. The van der Waals surface area contributed by atoms with E-state index >= 15 is 0 Å². The van der Waals surface area contributed by atoms with E-state index in [4.69, 9.17) is 22.6 Å². The van der Waals surface area contributed by atoms with E-state index in [0.29, 0.717) is 13.1 Å². The molecular weight excluding hydrogens is 400 g/mol. The number of non-ortho nitro benzene ring substituents is 1. The van der Waals surface area contributed by atoms with Gasteiger partial charge in [-0.25, -0.2) is 0 Å². The van der Waals surface area contributed by atoms with Gasteiger partial charge in [0, 0.05) is 24.8 Å². The summed E-state index contributed by atoms with van der Waals surface area (Å²) in [6, 6.07) is 9.93. The lowest BCUT2D eigenvalue weighted by Crippen LogP contribution is -2.14. The van der Waals surface area contributed by atoms with Crippen LogP contribution in [-0.2, 0) is 10.4 Å². The lowest BCUT2D eigenvalue weighted by molar-refractivity contribution is -0.393. The topological polar surface area (TPSA) is 205 Å². The molecular formula is C14H16N4O9S. The normalized spacial score (nSPS) is 10.4. The summed E-state index contributed by atoms with van der Waals surface area (Å²) in [7, 11) is -4.67. The van der Waals surface area contributed by atoms with E-state index in [9.17, 15) is 20.2 Å². The average molecular weight is 416 g/mol. The second-order valence-corrected chi connectivity index (χ2v) is 5.96. The van der Waals surface area contributed by atoms with E-state index in [1.807, 2.05) is 0 Å². The zero-order chi connectivity index (χ0) is 21.3. The van der Waals surface area contributed by atoms with Crippen LogP contribution < -0.4 is 10.6 Å². The summed E-state index contributed by atoms with van der Waals surface area (Å²) in [5, 5.41) is 36.8. The number of rotatable bonds is 7. The molecule has 0 heterocycles. The van der Waals surface area contributed by atoms with Crippen molar-refractivity contribution < 1.29 is 32.5 Å². The van der Waals surface area contributed by atoms with Crippen molar-refractivity contribution in [2.75, 3.05) is 23.7 Å². The molecule has 28 heavy (non-hydrogen) atoms. The van der Waals surface area contributed by atoms with Gasteiger partial charge in [-0.3, -0.25) is 29.3 Å². The molecule has 2 aromatic carbocycles. The van der Waals surface area contributed by atoms with Crippen molar-refractivity contribution in [3.05, 3.63) is 62.7 Å². The number of phenolic OH excluding ortho intramolecular Hbond substituents is 1. The van der Waals surface area contributed by atoms with Gasteiger partial charge in [-0.05, 0) is 30.3 Å². The van der Waals surface area contributed by atoms with E-state index in [-0.39, 0.29) is 22.8 Å². The second-order valence-electron chi connectivity index (χ2n) is 5.06. The summed E-state index contributed by atoms with van der Waals surface area (Å²) in [4.78, 5) is 20.3. The van der Waals surface area contributed by atoms with Gasteiger partial charge in [-0.2, -0.15) is 8.42 Å². The van der Waals surface area contributed by atoms with E-state index < -0.39 is 20.2 Å². The molecule has 13 nitrogen and oxygen atoms in total. The number of nitro benzene ring substituents is 2. The monoisotopic (exact) mass is 416 g/mol. The largest absolute Gasteiger partial charge is 0.508 e. The van der Waals surface area contributed by atoms with Gasteiger partial charge in [-0.1, -0.05) is 0 Å². The van der Waals surface area contributed by atoms with E-state index in [0.717, 1.165) is 11.8 Å². The van der Waals surface area contributed by atoms with Gasteiger partial charge in [0.2, 0.25) is 0 Å². The number of benzene rings is 2. The SMILES string of the molecule is O=S(=O)(O)O.O=[N+]([O-])c1ccc(NCCNc2ccc(O)cc2)c([N+](=O)[O-])c1. The molecule has 0 amide bonds. The van der Waals surface area contributed by atoms with E-state index in [2.05, 4.69) is 10.6 Å². The standard InChI is InChI=1S/C14H14N4O5.H2O4S/c19-12-4-1-10(2-5-12)15-7-8-16-13-6-3-11(17(20)21)9-14(13)18(22)23;1-5(2,3)4/h1-6,9,15-16,19H,7-8H2;(H2,1,2,3,4). The van der Waals surface area contributed by atoms with Crippen molar-refractivity contribution >= 4 is 33.1 Å². The first-order valence-electron chi connectivity index (χ1n) is 7.37. The Morgan fingerprint density at radius 3 is 1.93 bits per heavy atom. The molecule has 0 aliphatic heterocycles. The quantitative estimate of drug-likeness (QED) is 0.145. The maximum absolute atomic E-state index is 11.0. The Hall–Kier alpha value is -3.49. The Balaban J connectivity index is 0.000000696. The van der Waals surface area contributed by atoms with Crippen LogP contribution in [0.5, 0.6) is 5.75 Å². The minimum Gasteiger partial charge on any atom is -0.508 e. The summed E-state index contributed by atoms with van der Waals surface area (Å²) >= 11 is 0. The zero-order valence-corrected chi connectivity index (χ0v) is 14.9. The van der Waals surface area contributed by atoms with Crippen molar-refractivity contribution in [3.63, 3.8) is 0 Å². The van der Waals surface area contributed by atoms with Gasteiger partial charge < -0.3 is 15.7 Å². The van der Waals surface area contributed by atoms with Crippen LogP contribution in [0.2, 0.25) is 0 Å². The van der Waals surface area contributed by atoms with Crippen LogP contribution in [0.4, 0.5) is 22.7 Å². The fourth-order valence-corrected chi connectivity index (χ4v) is 1.92. The van der Waals surface area contributed by atoms with Crippen LogP contribution >= 0.6 is 0 Å². The molecule has 0 fully saturated rings. The smallest absolute Gasteiger partial charge is 0.394 e. The number of aromatic hydroxyl groups is 1. The summed E-state index contributed by atoms with van der Waals surface area (Å²) < 4.78 is 31.6. The third kappa shape index (κ3) is 8.75. The molecule has 152 valence electrons. The predicted molar refractivity (Wildman–Crippen MR) is 99.0 cm³/mol. The third-order valence-corrected chi connectivity index (χ3v) is 3.03. The van der Waals surface area contributed by atoms with Crippen LogP contribution in [-0.4, -0.2) is 45.6 Å². The first-order chi connectivity index (χ1) is 13.0. The molecule has 0 aromatic heterocycles. The number of phenols is 1. The fraction of sp³-hybridized carbons (Fsp3) is 0.143. The highest BCUT2D eigenvalue weighted by Gasteiger charge is 2.18. The maximum Gasteiger partial charge on any atom is 0.394 e. The third-order valence-electron chi connectivity index (χ3n) is 3.03. The van der Waals surface area contributed by atoms with Crippen molar-refractivity contribution in [2.45, 2.75) is 0 Å². The van der Waals surface area contributed by atoms with Crippen molar-refractivity contribution in [2.24, 2.45) is 0 Å². The van der Waals surface area contributed by atoms with Gasteiger partial charge >= 0.3 is 10.4 Å².